The van der Waals surface area contributed by atoms with Crippen LogP contribution in [-0.2, 0) is 11.3 Å². The number of hydrogen-bond acceptors (Lipinski definition) is 7. The van der Waals surface area contributed by atoms with Crippen molar-refractivity contribution in [3.63, 3.8) is 0 Å². The molecule has 148 valence electrons. The Morgan fingerprint density at radius 2 is 2.29 bits per heavy atom. The summed E-state index contributed by atoms with van der Waals surface area (Å²) in [6.45, 7) is 6.46. The van der Waals surface area contributed by atoms with Crippen LogP contribution in [0.25, 0.3) is 5.65 Å². The van der Waals surface area contributed by atoms with E-state index in [1.165, 1.54) is 6.92 Å². The highest BCUT2D eigenvalue weighted by molar-refractivity contribution is 7.15. The van der Waals surface area contributed by atoms with Crippen LogP contribution in [0.4, 0.5) is 9.52 Å². The predicted octanol–water partition coefficient (Wildman–Crippen LogP) is 2.63. The third kappa shape index (κ3) is 3.83. The quantitative estimate of drug-likeness (QED) is 0.704. The summed E-state index contributed by atoms with van der Waals surface area (Å²) in [6, 6.07) is 0.219. The minimum atomic E-state index is -0.537. The number of ether oxygens (including phenoxy) is 1. The number of aryl methyl sites for hydroxylation is 1. The van der Waals surface area contributed by atoms with Gasteiger partial charge in [-0.05, 0) is 13.8 Å². The topological polar surface area (TPSA) is 84.7 Å². The van der Waals surface area contributed by atoms with Gasteiger partial charge < -0.3 is 14.5 Å². The Morgan fingerprint density at radius 3 is 3.07 bits per heavy atom. The number of nitrogens with one attached hydrogen (secondary N) is 1. The number of carbonyl (C=O) groups excluding carboxylic acids is 1. The summed E-state index contributed by atoms with van der Waals surface area (Å²) in [6.07, 6.45) is 6.20. The lowest BCUT2D eigenvalue weighted by Gasteiger charge is -2.19. The maximum atomic E-state index is 14.1. The number of amides is 1. The van der Waals surface area contributed by atoms with Crippen molar-refractivity contribution < 1.29 is 13.9 Å². The Hall–Kier alpha value is -2.59. The molecule has 1 aliphatic rings. The smallest absolute Gasteiger partial charge is 0.258 e. The van der Waals surface area contributed by atoms with E-state index in [1.54, 1.807) is 6.20 Å². The van der Waals surface area contributed by atoms with Crippen molar-refractivity contribution in [1.82, 2.24) is 24.3 Å². The molecular weight excluding hydrogens is 383 g/mol. The molecule has 1 N–H and O–H groups in total. The minimum absolute atomic E-state index is 0.0588. The predicted molar refractivity (Wildman–Crippen MR) is 103 cm³/mol. The Labute approximate surface area is 165 Å². The van der Waals surface area contributed by atoms with E-state index in [-0.39, 0.29) is 23.2 Å². The average molecular weight is 404 g/mol. The van der Waals surface area contributed by atoms with Crippen molar-refractivity contribution >= 4 is 28.0 Å². The number of thiazole rings is 1. The largest absolute Gasteiger partial charge is 0.470 e. The molecule has 0 saturated carbocycles. The second kappa shape index (κ2) is 7.44. The molecule has 0 aliphatic carbocycles. The van der Waals surface area contributed by atoms with Gasteiger partial charge in [-0.3, -0.25) is 9.69 Å². The van der Waals surface area contributed by atoms with Crippen LogP contribution in [0.1, 0.15) is 30.8 Å². The first-order valence-electron chi connectivity index (χ1n) is 9.03. The highest BCUT2D eigenvalue weighted by Gasteiger charge is 2.32. The lowest BCUT2D eigenvalue weighted by molar-refractivity contribution is -0.114. The van der Waals surface area contributed by atoms with Crippen LogP contribution in [0.5, 0.6) is 5.88 Å². The van der Waals surface area contributed by atoms with Gasteiger partial charge in [0, 0.05) is 51.1 Å². The van der Waals surface area contributed by atoms with Gasteiger partial charge in [0.05, 0.1) is 10.6 Å². The lowest BCUT2D eigenvalue weighted by atomic mass is 10.2. The van der Waals surface area contributed by atoms with E-state index in [0.29, 0.717) is 29.5 Å². The van der Waals surface area contributed by atoms with Gasteiger partial charge >= 0.3 is 0 Å². The number of halogens is 1. The van der Waals surface area contributed by atoms with Crippen molar-refractivity contribution in [3.05, 3.63) is 35.1 Å². The Balaban J connectivity index is 1.45. The molecule has 0 bridgehead atoms. The van der Waals surface area contributed by atoms with E-state index in [4.69, 9.17) is 4.74 Å². The van der Waals surface area contributed by atoms with E-state index < -0.39 is 5.95 Å². The van der Waals surface area contributed by atoms with Crippen LogP contribution in [0.2, 0.25) is 0 Å². The first kappa shape index (κ1) is 18.8. The Kier molecular flexibility index (Phi) is 4.98. The fourth-order valence-corrected chi connectivity index (χ4v) is 4.34. The second-order valence-electron chi connectivity index (χ2n) is 7.01. The maximum absolute atomic E-state index is 14.1. The van der Waals surface area contributed by atoms with Crippen molar-refractivity contribution in [1.29, 1.82) is 0 Å². The van der Waals surface area contributed by atoms with E-state index in [1.807, 2.05) is 23.7 Å². The summed E-state index contributed by atoms with van der Waals surface area (Å²) < 4.78 is 22.2. The van der Waals surface area contributed by atoms with Crippen LogP contribution in [0.15, 0.2) is 18.6 Å². The van der Waals surface area contributed by atoms with Crippen LogP contribution in [0, 0.1) is 12.9 Å². The van der Waals surface area contributed by atoms with Gasteiger partial charge in [0.25, 0.3) is 5.88 Å². The molecule has 4 rings (SSSR count). The molecule has 2 atom stereocenters. The highest BCUT2D eigenvalue weighted by atomic mass is 32.1. The zero-order valence-electron chi connectivity index (χ0n) is 15.8. The summed E-state index contributed by atoms with van der Waals surface area (Å²) in [4.78, 5) is 26.4. The molecule has 1 saturated heterocycles. The molecule has 1 aliphatic heterocycles. The van der Waals surface area contributed by atoms with Gasteiger partial charge in [-0.15, -0.1) is 0 Å². The molecule has 28 heavy (non-hydrogen) atoms. The average Bonchev–Trinajstić information content (AvgIpc) is 3.25. The molecule has 0 aromatic carbocycles. The monoisotopic (exact) mass is 404 g/mol. The van der Waals surface area contributed by atoms with Crippen LogP contribution >= 0.6 is 11.3 Å². The highest BCUT2D eigenvalue weighted by Crippen LogP contribution is 2.29. The molecule has 3 aromatic rings. The number of rotatable bonds is 5. The summed E-state index contributed by atoms with van der Waals surface area (Å²) >= 11 is 1.16. The lowest BCUT2D eigenvalue weighted by Crippen LogP contribution is -2.28. The van der Waals surface area contributed by atoms with Crippen molar-refractivity contribution in [2.75, 3.05) is 11.9 Å². The summed E-state index contributed by atoms with van der Waals surface area (Å²) in [7, 11) is 0. The summed E-state index contributed by atoms with van der Waals surface area (Å²) in [5, 5.41) is 2.81. The standard InChI is InChI=1S/C18H21FN6O2S/c1-10-7-24-5-4-20-17(16(24)21-10)27-13-6-11(2)25(8-13)9-14-15(19)23-18(28-14)22-12(3)26/h4-5,7,11,13H,6,8-9H2,1-3H3,(H,22,23,26). The molecule has 8 nitrogen and oxygen atoms in total. The van der Waals surface area contributed by atoms with Gasteiger partial charge in [-0.2, -0.15) is 9.37 Å². The number of anilines is 1. The van der Waals surface area contributed by atoms with Gasteiger partial charge in [0.15, 0.2) is 5.13 Å². The number of hydrogen-bond donors (Lipinski definition) is 1. The molecular formula is C18H21FN6O2S. The first-order valence-corrected chi connectivity index (χ1v) is 9.84. The zero-order valence-corrected chi connectivity index (χ0v) is 16.7. The number of aromatic nitrogens is 4. The normalized spacial score (nSPS) is 20.0. The number of likely N-dealkylation sites (tertiary alicyclic amines) is 1. The van der Waals surface area contributed by atoms with Crippen LogP contribution in [-0.4, -0.2) is 48.9 Å². The van der Waals surface area contributed by atoms with E-state index in [2.05, 4.69) is 32.1 Å². The van der Waals surface area contributed by atoms with Crippen molar-refractivity contribution in [2.45, 2.75) is 45.9 Å². The SMILES string of the molecule is CC(=O)Nc1nc(F)c(CN2CC(Oc3nccn4cc(C)nc34)CC2C)s1. The number of carbonyl (C=O) groups is 1. The van der Waals surface area contributed by atoms with Crippen molar-refractivity contribution in [3.8, 4) is 5.88 Å². The van der Waals surface area contributed by atoms with Gasteiger partial charge in [0.1, 0.15) is 6.10 Å². The van der Waals surface area contributed by atoms with Crippen molar-refractivity contribution in [2.24, 2.45) is 0 Å². The fourth-order valence-electron chi connectivity index (χ4n) is 3.43. The molecule has 0 radical (unpaired) electrons. The number of nitrogens with zero attached hydrogens (tertiary/aromatic N) is 5. The summed E-state index contributed by atoms with van der Waals surface area (Å²) in [5.74, 6) is -0.296. The molecule has 0 spiro atoms. The number of imidazole rings is 1. The Morgan fingerprint density at radius 1 is 1.46 bits per heavy atom. The molecule has 10 heteroatoms. The minimum Gasteiger partial charge on any atom is -0.470 e. The van der Waals surface area contributed by atoms with Gasteiger partial charge in [-0.1, -0.05) is 11.3 Å². The Bertz CT molecular complexity index is 1020. The molecule has 2 unspecified atom stereocenters. The second-order valence-corrected chi connectivity index (χ2v) is 8.10. The van der Waals surface area contributed by atoms with Crippen LogP contribution < -0.4 is 10.1 Å². The first-order chi connectivity index (χ1) is 13.4. The molecule has 1 amide bonds. The van der Waals surface area contributed by atoms with E-state index in [9.17, 15) is 9.18 Å². The van der Waals surface area contributed by atoms with E-state index in [0.717, 1.165) is 23.5 Å². The van der Waals surface area contributed by atoms with Crippen LogP contribution in [0.3, 0.4) is 0 Å². The zero-order chi connectivity index (χ0) is 19.8. The third-order valence-electron chi connectivity index (χ3n) is 4.69. The molecule has 3 aromatic heterocycles. The summed E-state index contributed by atoms with van der Waals surface area (Å²) in [5.41, 5.74) is 1.59. The number of fused-ring (bicyclic) bond motifs is 1. The molecule has 4 heterocycles. The van der Waals surface area contributed by atoms with E-state index >= 15 is 0 Å². The fraction of sp³-hybridized carbons (Fsp3) is 0.444. The van der Waals surface area contributed by atoms with Gasteiger partial charge in [-0.25, -0.2) is 9.97 Å². The molecule has 1 fully saturated rings. The third-order valence-corrected chi connectivity index (χ3v) is 5.62. The van der Waals surface area contributed by atoms with Gasteiger partial charge in [0.2, 0.25) is 17.5 Å². The maximum Gasteiger partial charge on any atom is 0.258 e.